The molecule has 0 unspecified atom stereocenters. The molecule has 1 N–H and O–H groups in total. The summed E-state index contributed by atoms with van der Waals surface area (Å²) in [5, 5.41) is 7.78. The minimum Gasteiger partial charge on any atom is -0.487 e. The van der Waals surface area contributed by atoms with Crippen molar-refractivity contribution in [1.29, 1.82) is 0 Å². The molecule has 100 valence electrons. The maximum absolute atomic E-state index is 6.08. The van der Waals surface area contributed by atoms with Crippen molar-refractivity contribution in [3.63, 3.8) is 0 Å². The first-order valence-electron chi connectivity index (χ1n) is 6.66. The Bertz CT molecular complexity index is 560. The largest absolute Gasteiger partial charge is 0.487 e. The lowest BCUT2D eigenvalue weighted by Crippen LogP contribution is -2.25. The maximum Gasteiger partial charge on any atom is 0.127 e. The Hall–Kier alpha value is -1.32. The fraction of sp³-hybridized carbons (Fsp3) is 0.375. The second-order valence-corrected chi connectivity index (χ2v) is 6.46. The Morgan fingerprint density at radius 1 is 1.26 bits per heavy atom. The first-order valence-corrected chi connectivity index (χ1v) is 7.60. The summed E-state index contributed by atoms with van der Waals surface area (Å²) in [5.74, 6) is 1.09. The summed E-state index contributed by atoms with van der Waals surface area (Å²) in [7, 11) is 0. The lowest BCUT2D eigenvalue weighted by Gasteiger charge is -2.18. The van der Waals surface area contributed by atoms with Crippen LogP contribution < -0.4 is 10.1 Å². The quantitative estimate of drug-likeness (QED) is 0.916. The van der Waals surface area contributed by atoms with E-state index in [9.17, 15) is 0 Å². The number of rotatable bonds is 4. The van der Waals surface area contributed by atoms with E-state index in [0.717, 1.165) is 25.3 Å². The van der Waals surface area contributed by atoms with Gasteiger partial charge in [0.15, 0.2) is 0 Å². The minimum absolute atomic E-state index is 0.0637. The van der Waals surface area contributed by atoms with Gasteiger partial charge in [0.2, 0.25) is 0 Å². The number of ether oxygens (including phenoxy) is 1. The van der Waals surface area contributed by atoms with Gasteiger partial charge in [0, 0.05) is 25.1 Å². The monoisotopic (exact) mass is 273 g/mol. The molecule has 0 spiro atoms. The number of para-hydroxylation sites is 1. The molecule has 3 rings (SSSR count). The zero-order valence-corrected chi connectivity index (χ0v) is 12.2. The summed E-state index contributed by atoms with van der Waals surface area (Å²) < 4.78 is 6.08. The molecule has 1 aliphatic heterocycles. The molecule has 0 amide bonds. The van der Waals surface area contributed by atoms with E-state index in [2.05, 4.69) is 54.2 Å². The van der Waals surface area contributed by atoms with Crippen LogP contribution in [0.15, 0.2) is 35.0 Å². The summed E-state index contributed by atoms with van der Waals surface area (Å²) >= 11 is 1.74. The van der Waals surface area contributed by atoms with Crippen LogP contribution in [-0.2, 0) is 19.5 Å². The van der Waals surface area contributed by atoms with Gasteiger partial charge >= 0.3 is 0 Å². The molecule has 3 heteroatoms. The molecule has 0 bridgehead atoms. The van der Waals surface area contributed by atoms with Crippen molar-refractivity contribution in [1.82, 2.24) is 5.32 Å². The smallest absolute Gasteiger partial charge is 0.127 e. The molecule has 1 aromatic heterocycles. The summed E-state index contributed by atoms with van der Waals surface area (Å²) in [6, 6.07) is 8.62. The van der Waals surface area contributed by atoms with Crippen LogP contribution in [0, 0.1) is 0 Å². The number of benzene rings is 1. The van der Waals surface area contributed by atoms with Gasteiger partial charge in [-0.25, -0.2) is 0 Å². The number of nitrogens with one attached hydrogen (secondary N) is 1. The Labute approximate surface area is 118 Å². The molecular formula is C16H19NOS. The molecule has 2 nitrogen and oxygen atoms in total. The first kappa shape index (κ1) is 12.7. The molecule has 1 aromatic carbocycles. The van der Waals surface area contributed by atoms with Crippen LogP contribution >= 0.6 is 11.3 Å². The minimum atomic E-state index is -0.0637. The van der Waals surface area contributed by atoms with Gasteiger partial charge < -0.3 is 10.1 Å². The topological polar surface area (TPSA) is 21.3 Å². The third-order valence-corrected chi connectivity index (χ3v) is 4.13. The van der Waals surface area contributed by atoms with Crippen LogP contribution in [0.2, 0.25) is 0 Å². The van der Waals surface area contributed by atoms with E-state index in [0.29, 0.717) is 0 Å². The fourth-order valence-electron chi connectivity index (χ4n) is 2.55. The predicted molar refractivity (Wildman–Crippen MR) is 79.7 cm³/mol. The zero-order chi connectivity index (χ0) is 13.3. The number of hydrogen-bond donors (Lipinski definition) is 1. The van der Waals surface area contributed by atoms with Gasteiger partial charge in [-0.1, -0.05) is 18.2 Å². The van der Waals surface area contributed by atoms with Crippen molar-refractivity contribution in [3.8, 4) is 5.75 Å². The molecule has 0 aliphatic carbocycles. The predicted octanol–water partition coefficient (Wildman–Crippen LogP) is 3.75. The highest BCUT2D eigenvalue weighted by Gasteiger charge is 2.31. The van der Waals surface area contributed by atoms with E-state index in [4.69, 9.17) is 4.74 Å². The molecular weight excluding hydrogens is 254 g/mol. The Balaban J connectivity index is 1.68. The maximum atomic E-state index is 6.08. The van der Waals surface area contributed by atoms with E-state index >= 15 is 0 Å². The van der Waals surface area contributed by atoms with Crippen molar-refractivity contribution >= 4 is 11.3 Å². The lowest BCUT2D eigenvalue weighted by atomic mass is 10.0. The third kappa shape index (κ3) is 2.82. The van der Waals surface area contributed by atoms with Gasteiger partial charge in [-0.2, -0.15) is 11.3 Å². The molecule has 0 atom stereocenters. The van der Waals surface area contributed by atoms with E-state index in [-0.39, 0.29) is 5.60 Å². The normalized spacial score (nSPS) is 16.1. The van der Waals surface area contributed by atoms with Crippen LogP contribution in [0.25, 0.3) is 0 Å². The lowest BCUT2D eigenvalue weighted by molar-refractivity contribution is 0.137. The van der Waals surface area contributed by atoms with Gasteiger partial charge in [0.05, 0.1) is 0 Å². The fourth-order valence-corrected chi connectivity index (χ4v) is 3.22. The molecule has 2 heterocycles. The summed E-state index contributed by atoms with van der Waals surface area (Å²) in [6.45, 7) is 6.07. The van der Waals surface area contributed by atoms with Gasteiger partial charge in [-0.05, 0) is 41.8 Å². The van der Waals surface area contributed by atoms with Crippen molar-refractivity contribution in [2.45, 2.75) is 39.0 Å². The van der Waals surface area contributed by atoms with Crippen LogP contribution in [0.5, 0.6) is 5.75 Å². The van der Waals surface area contributed by atoms with Crippen LogP contribution in [-0.4, -0.2) is 5.60 Å². The van der Waals surface area contributed by atoms with Gasteiger partial charge in [0.1, 0.15) is 11.4 Å². The molecule has 0 fully saturated rings. The highest BCUT2D eigenvalue weighted by atomic mass is 32.1. The van der Waals surface area contributed by atoms with E-state index < -0.39 is 0 Å². The van der Waals surface area contributed by atoms with Gasteiger partial charge in [0.25, 0.3) is 0 Å². The molecule has 19 heavy (non-hydrogen) atoms. The summed E-state index contributed by atoms with van der Waals surface area (Å²) in [4.78, 5) is 0. The number of hydrogen-bond acceptors (Lipinski definition) is 3. The standard InChI is InChI=1S/C16H19NOS/c1-16(2)8-13-4-3-5-14(15(13)18-16)10-17-9-12-6-7-19-11-12/h3-7,11,17H,8-10H2,1-2H3. The molecule has 0 saturated carbocycles. The first-order chi connectivity index (χ1) is 9.14. The number of fused-ring (bicyclic) bond motifs is 1. The SMILES string of the molecule is CC1(C)Cc2cccc(CNCc3ccsc3)c2O1. The van der Waals surface area contributed by atoms with E-state index in [1.165, 1.54) is 16.7 Å². The van der Waals surface area contributed by atoms with Crippen LogP contribution in [0.4, 0.5) is 0 Å². The Morgan fingerprint density at radius 3 is 2.95 bits per heavy atom. The highest BCUT2D eigenvalue weighted by Crippen LogP contribution is 2.37. The van der Waals surface area contributed by atoms with Crippen LogP contribution in [0.3, 0.4) is 0 Å². The summed E-state index contributed by atoms with van der Waals surface area (Å²) in [6.07, 6.45) is 1.00. The third-order valence-electron chi connectivity index (χ3n) is 3.40. The summed E-state index contributed by atoms with van der Waals surface area (Å²) in [5.41, 5.74) is 3.88. The van der Waals surface area contributed by atoms with E-state index in [1.54, 1.807) is 11.3 Å². The Morgan fingerprint density at radius 2 is 2.16 bits per heavy atom. The molecule has 2 aromatic rings. The van der Waals surface area contributed by atoms with Crippen molar-refractivity contribution < 1.29 is 4.74 Å². The molecule has 0 radical (unpaired) electrons. The van der Waals surface area contributed by atoms with Crippen molar-refractivity contribution in [2.75, 3.05) is 0 Å². The van der Waals surface area contributed by atoms with Crippen LogP contribution in [0.1, 0.15) is 30.5 Å². The molecule has 1 aliphatic rings. The number of thiophene rings is 1. The van der Waals surface area contributed by atoms with Gasteiger partial charge in [-0.15, -0.1) is 0 Å². The second-order valence-electron chi connectivity index (χ2n) is 5.68. The van der Waals surface area contributed by atoms with Crippen molar-refractivity contribution in [2.24, 2.45) is 0 Å². The van der Waals surface area contributed by atoms with Crippen molar-refractivity contribution in [3.05, 3.63) is 51.7 Å². The average Bonchev–Trinajstić information content (AvgIpc) is 2.95. The highest BCUT2D eigenvalue weighted by molar-refractivity contribution is 7.07. The zero-order valence-electron chi connectivity index (χ0n) is 11.4. The average molecular weight is 273 g/mol. The Kier molecular flexibility index (Phi) is 3.33. The molecule has 0 saturated heterocycles. The van der Waals surface area contributed by atoms with Gasteiger partial charge in [-0.3, -0.25) is 0 Å². The second kappa shape index (κ2) is 4.99. The van der Waals surface area contributed by atoms with E-state index in [1.807, 2.05) is 0 Å².